The van der Waals surface area contributed by atoms with Crippen LogP contribution in [0, 0.1) is 0 Å². The van der Waals surface area contributed by atoms with E-state index in [0.717, 1.165) is 17.1 Å². The largest absolute Gasteiger partial charge is 0.310 e. The van der Waals surface area contributed by atoms with Gasteiger partial charge in [-0.2, -0.15) is 0 Å². The Morgan fingerprint density at radius 3 is 1.94 bits per heavy atom. The standard InChI is InChI=1S/C44H27NS2/c1-2-10-31(11-3-1)45(33-20-23-38-37-13-6-7-15-40(37)47-43(38)27-33)32-21-24-41-39(26-32)44-36(14-8-16-42(44)46-41)30-19-22-35-29(25-30)18-17-28-9-4-5-12-34(28)35/h1-27H. The van der Waals surface area contributed by atoms with Crippen molar-refractivity contribution in [3.05, 3.63) is 164 Å². The number of hydrogen-bond donors (Lipinski definition) is 0. The highest BCUT2D eigenvalue weighted by molar-refractivity contribution is 7.26. The van der Waals surface area contributed by atoms with Crippen LogP contribution in [-0.2, 0) is 0 Å². The van der Waals surface area contributed by atoms with Crippen molar-refractivity contribution in [3.63, 3.8) is 0 Å². The van der Waals surface area contributed by atoms with E-state index in [2.05, 4.69) is 169 Å². The van der Waals surface area contributed by atoms with Crippen molar-refractivity contribution in [2.45, 2.75) is 0 Å². The van der Waals surface area contributed by atoms with Gasteiger partial charge in [-0.1, -0.05) is 103 Å². The zero-order valence-corrected chi connectivity index (χ0v) is 27.0. The number of benzene rings is 8. The number of nitrogens with zero attached hydrogens (tertiary/aromatic N) is 1. The van der Waals surface area contributed by atoms with Crippen LogP contribution in [0.2, 0.25) is 0 Å². The zero-order valence-electron chi connectivity index (χ0n) is 25.4. The van der Waals surface area contributed by atoms with Gasteiger partial charge in [-0.25, -0.2) is 0 Å². The fraction of sp³-hybridized carbons (Fsp3) is 0. The summed E-state index contributed by atoms with van der Waals surface area (Å²) in [6.07, 6.45) is 0. The average molecular weight is 634 g/mol. The molecular weight excluding hydrogens is 607 g/mol. The van der Waals surface area contributed by atoms with Crippen molar-refractivity contribution in [1.82, 2.24) is 0 Å². The van der Waals surface area contributed by atoms with Crippen molar-refractivity contribution in [1.29, 1.82) is 0 Å². The van der Waals surface area contributed by atoms with Crippen molar-refractivity contribution >= 4 is 102 Å². The maximum atomic E-state index is 2.40. The van der Waals surface area contributed by atoms with Gasteiger partial charge in [-0.15, -0.1) is 22.7 Å². The van der Waals surface area contributed by atoms with Crippen LogP contribution in [0.5, 0.6) is 0 Å². The first-order valence-electron chi connectivity index (χ1n) is 15.9. The van der Waals surface area contributed by atoms with Gasteiger partial charge < -0.3 is 4.90 Å². The summed E-state index contributed by atoms with van der Waals surface area (Å²) in [5.41, 5.74) is 5.99. The molecule has 0 saturated heterocycles. The lowest BCUT2D eigenvalue weighted by atomic mass is 9.95. The SMILES string of the molecule is c1ccc(N(c2ccc3c(c2)sc2ccccc23)c2ccc3sc4cccc(-c5ccc6c(ccc7ccccc76)c5)c4c3c2)cc1. The van der Waals surface area contributed by atoms with Crippen LogP contribution >= 0.6 is 22.7 Å². The first kappa shape index (κ1) is 26.7. The van der Waals surface area contributed by atoms with Crippen molar-refractivity contribution in [2.24, 2.45) is 0 Å². The van der Waals surface area contributed by atoms with Crippen molar-refractivity contribution in [3.8, 4) is 11.1 Å². The normalized spacial score (nSPS) is 11.8. The fourth-order valence-corrected chi connectivity index (χ4v) is 9.50. The Labute approximate surface area is 280 Å². The van der Waals surface area contributed by atoms with Crippen molar-refractivity contribution in [2.75, 3.05) is 4.90 Å². The second kappa shape index (κ2) is 10.5. The van der Waals surface area contributed by atoms with Gasteiger partial charge in [0.05, 0.1) is 0 Å². The number of para-hydroxylation sites is 1. The molecule has 47 heavy (non-hydrogen) atoms. The summed E-state index contributed by atoms with van der Waals surface area (Å²) in [6.45, 7) is 0. The van der Waals surface area contributed by atoms with E-state index in [1.165, 1.54) is 73.0 Å². The highest BCUT2D eigenvalue weighted by Gasteiger charge is 2.18. The van der Waals surface area contributed by atoms with Gasteiger partial charge in [0.15, 0.2) is 0 Å². The van der Waals surface area contributed by atoms with Crippen LogP contribution in [0.1, 0.15) is 0 Å². The topological polar surface area (TPSA) is 3.24 Å². The Hall–Kier alpha value is -5.48. The Morgan fingerprint density at radius 1 is 0.340 bits per heavy atom. The molecule has 0 aliphatic heterocycles. The van der Waals surface area contributed by atoms with E-state index >= 15 is 0 Å². The first-order valence-corrected chi connectivity index (χ1v) is 17.6. The quantitative estimate of drug-likeness (QED) is 0.174. The molecule has 10 aromatic rings. The summed E-state index contributed by atoms with van der Waals surface area (Å²) in [5, 5.41) is 10.4. The van der Waals surface area contributed by atoms with E-state index in [9.17, 15) is 0 Å². The van der Waals surface area contributed by atoms with Gasteiger partial charge >= 0.3 is 0 Å². The Morgan fingerprint density at radius 2 is 1.00 bits per heavy atom. The van der Waals surface area contributed by atoms with E-state index < -0.39 is 0 Å². The summed E-state index contributed by atoms with van der Waals surface area (Å²) in [4.78, 5) is 2.40. The molecule has 0 spiro atoms. The first-order chi connectivity index (χ1) is 23.3. The maximum Gasteiger partial charge on any atom is 0.0476 e. The van der Waals surface area contributed by atoms with Crippen LogP contribution in [0.25, 0.3) is 73.0 Å². The van der Waals surface area contributed by atoms with Gasteiger partial charge in [-0.05, 0) is 93.3 Å². The Kier molecular flexibility index (Phi) is 5.98. The molecule has 0 saturated carbocycles. The summed E-state index contributed by atoms with van der Waals surface area (Å²) >= 11 is 3.74. The summed E-state index contributed by atoms with van der Waals surface area (Å²) in [5.74, 6) is 0. The number of fused-ring (bicyclic) bond motifs is 9. The van der Waals surface area contributed by atoms with E-state index in [-0.39, 0.29) is 0 Å². The molecule has 0 radical (unpaired) electrons. The maximum absolute atomic E-state index is 2.40. The molecule has 0 unspecified atom stereocenters. The molecule has 0 N–H and O–H groups in total. The average Bonchev–Trinajstić information content (AvgIpc) is 3.70. The molecular formula is C44H27NS2. The molecule has 1 nitrogen and oxygen atoms in total. The molecule has 0 aliphatic rings. The Balaban J connectivity index is 1.17. The molecule has 2 heterocycles. The van der Waals surface area contributed by atoms with E-state index in [1.54, 1.807) is 0 Å². The second-order valence-electron chi connectivity index (χ2n) is 12.1. The molecule has 10 rings (SSSR count). The number of anilines is 3. The third-order valence-corrected chi connectivity index (χ3v) is 11.7. The van der Waals surface area contributed by atoms with Crippen LogP contribution in [-0.4, -0.2) is 0 Å². The molecule has 0 aliphatic carbocycles. The molecule has 0 atom stereocenters. The lowest BCUT2D eigenvalue weighted by molar-refractivity contribution is 1.30. The zero-order chi connectivity index (χ0) is 30.9. The lowest BCUT2D eigenvalue weighted by Gasteiger charge is -2.25. The van der Waals surface area contributed by atoms with Crippen LogP contribution < -0.4 is 4.90 Å². The summed E-state index contributed by atoms with van der Waals surface area (Å²) in [7, 11) is 0. The van der Waals surface area contributed by atoms with Crippen molar-refractivity contribution < 1.29 is 0 Å². The minimum atomic E-state index is 1.15. The Bertz CT molecular complexity index is 2810. The van der Waals surface area contributed by atoms with Gasteiger partial charge in [-0.3, -0.25) is 0 Å². The molecule has 8 aromatic carbocycles. The third-order valence-electron chi connectivity index (χ3n) is 9.43. The fourth-order valence-electron chi connectivity index (χ4n) is 7.25. The summed E-state index contributed by atoms with van der Waals surface area (Å²) < 4.78 is 5.24. The van der Waals surface area contributed by atoms with Crippen LogP contribution in [0.3, 0.4) is 0 Å². The smallest absolute Gasteiger partial charge is 0.0476 e. The van der Waals surface area contributed by atoms with Gasteiger partial charge in [0.25, 0.3) is 0 Å². The van der Waals surface area contributed by atoms with Crippen LogP contribution in [0.15, 0.2) is 164 Å². The minimum Gasteiger partial charge on any atom is -0.310 e. The van der Waals surface area contributed by atoms with Crippen LogP contribution in [0.4, 0.5) is 17.1 Å². The predicted molar refractivity (Wildman–Crippen MR) is 207 cm³/mol. The van der Waals surface area contributed by atoms with E-state index in [1.807, 2.05) is 22.7 Å². The molecule has 0 fully saturated rings. The molecule has 0 amide bonds. The highest BCUT2D eigenvalue weighted by atomic mass is 32.1. The predicted octanol–water partition coefficient (Wildman–Crippen LogP) is 13.9. The van der Waals surface area contributed by atoms with Gasteiger partial charge in [0.2, 0.25) is 0 Å². The molecule has 220 valence electrons. The molecule has 3 heteroatoms. The molecule has 2 aromatic heterocycles. The molecule has 0 bridgehead atoms. The van der Waals surface area contributed by atoms with Gasteiger partial charge in [0.1, 0.15) is 0 Å². The van der Waals surface area contributed by atoms with E-state index in [4.69, 9.17) is 0 Å². The van der Waals surface area contributed by atoms with E-state index in [0.29, 0.717) is 0 Å². The highest BCUT2D eigenvalue weighted by Crippen LogP contribution is 2.45. The second-order valence-corrected chi connectivity index (χ2v) is 14.3. The lowest BCUT2D eigenvalue weighted by Crippen LogP contribution is -2.09. The summed E-state index contributed by atoms with van der Waals surface area (Å²) in [6, 6.07) is 60.2. The van der Waals surface area contributed by atoms with Gasteiger partial charge in [0, 0.05) is 57.4 Å². The number of rotatable bonds is 4. The monoisotopic (exact) mass is 633 g/mol. The number of hydrogen-bond acceptors (Lipinski definition) is 3. The third kappa shape index (κ3) is 4.28. The minimum absolute atomic E-state index is 1.15. The number of thiophene rings is 2.